The van der Waals surface area contributed by atoms with Gasteiger partial charge in [-0.05, 0) is 12.8 Å². The summed E-state index contributed by atoms with van der Waals surface area (Å²) in [6, 6.07) is 17.8. The van der Waals surface area contributed by atoms with E-state index < -0.39 is 12.1 Å². The summed E-state index contributed by atoms with van der Waals surface area (Å²) in [5.74, 6) is -0.915. The highest BCUT2D eigenvalue weighted by atomic mass is 16.5. The van der Waals surface area contributed by atoms with E-state index in [9.17, 15) is 14.4 Å². The Kier molecular flexibility index (Phi) is 5.95. The van der Waals surface area contributed by atoms with Crippen LogP contribution in [0.15, 0.2) is 60.7 Å². The molecular formula is C22H22O4. The zero-order valence-electron chi connectivity index (χ0n) is 14.6. The fourth-order valence-corrected chi connectivity index (χ4v) is 3.31. The van der Waals surface area contributed by atoms with Crippen LogP contribution in [0.5, 0.6) is 0 Å². The van der Waals surface area contributed by atoms with Gasteiger partial charge in [-0.3, -0.25) is 14.4 Å². The summed E-state index contributed by atoms with van der Waals surface area (Å²) in [4.78, 5) is 37.3. The first kappa shape index (κ1) is 18.1. The summed E-state index contributed by atoms with van der Waals surface area (Å²) in [6.07, 6.45) is 2.15. The van der Waals surface area contributed by atoms with E-state index in [1.54, 1.807) is 48.5 Å². The molecular weight excluding hydrogens is 328 g/mol. The molecule has 2 aromatic rings. The van der Waals surface area contributed by atoms with E-state index in [2.05, 4.69) is 0 Å². The highest BCUT2D eigenvalue weighted by molar-refractivity contribution is 6.01. The van der Waals surface area contributed by atoms with Crippen molar-refractivity contribution in [2.24, 2.45) is 5.92 Å². The third-order valence-corrected chi connectivity index (χ3v) is 4.74. The Labute approximate surface area is 153 Å². The Morgan fingerprint density at radius 3 is 2.27 bits per heavy atom. The smallest absolute Gasteiger partial charge is 0.307 e. The van der Waals surface area contributed by atoms with Gasteiger partial charge in [-0.2, -0.15) is 0 Å². The van der Waals surface area contributed by atoms with Crippen molar-refractivity contribution in [3.63, 3.8) is 0 Å². The minimum Gasteiger partial charge on any atom is -0.449 e. The van der Waals surface area contributed by atoms with Crippen molar-refractivity contribution in [2.75, 3.05) is 0 Å². The van der Waals surface area contributed by atoms with Gasteiger partial charge in [-0.1, -0.05) is 67.1 Å². The van der Waals surface area contributed by atoms with Crippen LogP contribution in [-0.4, -0.2) is 17.5 Å². The molecule has 0 aliphatic heterocycles. The second-order valence-corrected chi connectivity index (χ2v) is 6.62. The van der Waals surface area contributed by atoms with Crippen molar-refractivity contribution in [3.05, 3.63) is 71.8 Å². The summed E-state index contributed by atoms with van der Waals surface area (Å²) >= 11 is 0. The number of rotatable bonds is 6. The molecule has 3 rings (SSSR count). The summed E-state index contributed by atoms with van der Waals surface area (Å²) in [7, 11) is 0. The van der Waals surface area contributed by atoms with Gasteiger partial charge < -0.3 is 4.74 Å². The first-order chi connectivity index (χ1) is 12.6. The van der Waals surface area contributed by atoms with Crippen LogP contribution in [0.2, 0.25) is 0 Å². The number of carbonyl (C=O) groups is 3. The van der Waals surface area contributed by atoms with Crippen molar-refractivity contribution in [3.8, 4) is 0 Å². The molecule has 0 bridgehead atoms. The van der Waals surface area contributed by atoms with Crippen LogP contribution >= 0.6 is 0 Å². The molecule has 0 radical (unpaired) electrons. The second kappa shape index (κ2) is 8.56. The summed E-state index contributed by atoms with van der Waals surface area (Å²) < 4.78 is 5.56. The minimum atomic E-state index is -0.996. The van der Waals surface area contributed by atoms with E-state index in [1.807, 2.05) is 12.1 Å². The molecule has 0 spiro atoms. The number of hydrogen-bond donors (Lipinski definition) is 0. The maximum atomic E-state index is 12.9. The van der Waals surface area contributed by atoms with Gasteiger partial charge in [-0.25, -0.2) is 0 Å². The van der Waals surface area contributed by atoms with Gasteiger partial charge in [0.2, 0.25) is 5.78 Å². The van der Waals surface area contributed by atoms with Crippen LogP contribution in [0.1, 0.15) is 54.1 Å². The van der Waals surface area contributed by atoms with Gasteiger partial charge in [-0.15, -0.1) is 0 Å². The zero-order valence-corrected chi connectivity index (χ0v) is 14.6. The number of esters is 1. The Hall–Kier alpha value is -2.75. The Morgan fingerprint density at radius 1 is 0.962 bits per heavy atom. The molecule has 2 unspecified atom stereocenters. The number of ether oxygens (including phenoxy) is 1. The highest BCUT2D eigenvalue weighted by Crippen LogP contribution is 2.27. The number of hydrogen-bond acceptors (Lipinski definition) is 4. The van der Waals surface area contributed by atoms with Crippen LogP contribution < -0.4 is 0 Å². The number of carbonyl (C=O) groups excluding carboxylic acids is 3. The number of benzene rings is 2. The molecule has 1 aliphatic rings. The fourth-order valence-electron chi connectivity index (χ4n) is 3.31. The maximum Gasteiger partial charge on any atom is 0.307 e. The molecule has 1 saturated carbocycles. The quantitative estimate of drug-likeness (QED) is 0.575. The van der Waals surface area contributed by atoms with Gasteiger partial charge in [0.15, 0.2) is 6.10 Å². The summed E-state index contributed by atoms with van der Waals surface area (Å²) in [6.45, 7) is 0. The van der Waals surface area contributed by atoms with Crippen molar-refractivity contribution in [1.82, 2.24) is 0 Å². The lowest BCUT2D eigenvalue weighted by atomic mass is 9.86. The predicted octanol–water partition coefficient (Wildman–Crippen LogP) is 4.30. The number of Topliss-reactive ketones (excluding diaryl/α,β-unsaturated/α-hetero) is 2. The molecule has 0 saturated heterocycles. The SMILES string of the molecule is O=C(CC1CCCCC1=O)OC(C(=O)c1ccccc1)c1ccccc1. The summed E-state index contributed by atoms with van der Waals surface area (Å²) in [5.41, 5.74) is 1.12. The lowest BCUT2D eigenvalue weighted by molar-refractivity contribution is -0.150. The molecule has 0 aromatic heterocycles. The third-order valence-electron chi connectivity index (χ3n) is 4.74. The van der Waals surface area contributed by atoms with E-state index in [1.165, 1.54) is 0 Å². The van der Waals surface area contributed by atoms with Crippen LogP contribution in [0.4, 0.5) is 0 Å². The van der Waals surface area contributed by atoms with Gasteiger partial charge >= 0.3 is 5.97 Å². The van der Waals surface area contributed by atoms with Crippen molar-refractivity contribution >= 4 is 17.5 Å². The minimum absolute atomic E-state index is 0.0459. The molecule has 0 amide bonds. The molecule has 26 heavy (non-hydrogen) atoms. The lowest BCUT2D eigenvalue weighted by Gasteiger charge is -2.22. The predicted molar refractivity (Wildman–Crippen MR) is 97.6 cm³/mol. The first-order valence-electron chi connectivity index (χ1n) is 9.01. The Bertz CT molecular complexity index is 767. The molecule has 1 aliphatic carbocycles. The van der Waals surface area contributed by atoms with Gasteiger partial charge in [0.05, 0.1) is 6.42 Å². The molecule has 0 N–H and O–H groups in total. The van der Waals surface area contributed by atoms with Crippen LogP contribution in [0, 0.1) is 5.92 Å². The largest absolute Gasteiger partial charge is 0.449 e. The molecule has 4 heteroatoms. The Balaban J connectivity index is 1.76. The van der Waals surface area contributed by atoms with Crippen molar-refractivity contribution in [2.45, 2.75) is 38.2 Å². The van der Waals surface area contributed by atoms with E-state index in [4.69, 9.17) is 4.74 Å². The average molecular weight is 350 g/mol. The second-order valence-electron chi connectivity index (χ2n) is 6.62. The van der Waals surface area contributed by atoms with Crippen molar-refractivity contribution in [1.29, 1.82) is 0 Å². The Morgan fingerprint density at radius 2 is 1.62 bits per heavy atom. The highest BCUT2D eigenvalue weighted by Gasteiger charge is 2.30. The van der Waals surface area contributed by atoms with Crippen LogP contribution in [-0.2, 0) is 14.3 Å². The molecule has 4 nitrogen and oxygen atoms in total. The topological polar surface area (TPSA) is 60.4 Å². The maximum absolute atomic E-state index is 12.9. The van der Waals surface area contributed by atoms with E-state index in [0.717, 1.165) is 19.3 Å². The van der Waals surface area contributed by atoms with Gasteiger partial charge in [0.1, 0.15) is 5.78 Å². The summed E-state index contributed by atoms with van der Waals surface area (Å²) in [5, 5.41) is 0. The van der Waals surface area contributed by atoms with Crippen LogP contribution in [0.25, 0.3) is 0 Å². The van der Waals surface area contributed by atoms with Gasteiger partial charge in [0.25, 0.3) is 0 Å². The zero-order chi connectivity index (χ0) is 18.4. The fraction of sp³-hybridized carbons (Fsp3) is 0.318. The lowest BCUT2D eigenvalue weighted by Crippen LogP contribution is -2.26. The first-order valence-corrected chi connectivity index (χ1v) is 9.01. The molecule has 2 atom stereocenters. The number of ketones is 2. The van der Waals surface area contributed by atoms with E-state index in [-0.39, 0.29) is 23.9 Å². The van der Waals surface area contributed by atoms with E-state index >= 15 is 0 Å². The molecule has 2 aromatic carbocycles. The normalized spacial score (nSPS) is 18.2. The van der Waals surface area contributed by atoms with Crippen LogP contribution in [0.3, 0.4) is 0 Å². The molecule has 0 heterocycles. The average Bonchev–Trinajstić information content (AvgIpc) is 2.69. The monoisotopic (exact) mass is 350 g/mol. The molecule has 134 valence electrons. The molecule has 1 fully saturated rings. The van der Waals surface area contributed by atoms with Crippen molar-refractivity contribution < 1.29 is 19.1 Å². The third kappa shape index (κ3) is 4.45. The standard InChI is InChI=1S/C22H22O4/c23-19-14-8-7-13-18(19)15-20(24)26-22(17-11-5-2-6-12-17)21(25)16-9-3-1-4-10-16/h1-6,9-12,18,22H,7-8,13-15H2. The van der Waals surface area contributed by atoms with E-state index in [0.29, 0.717) is 17.5 Å². The van der Waals surface area contributed by atoms with Gasteiger partial charge in [0, 0.05) is 23.5 Å².